The minimum atomic E-state index is -6.26. The molecular weight excluding hydrogens is 388 g/mol. The quantitative estimate of drug-likeness (QED) is 0.505. The lowest BCUT2D eigenvalue weighted by Crippen LogP contribution is -2.50. The summed E-state index contributed by atoms with van der Waals surface area (Å²) >= 11 is 11.2. The van der Waals surface area contributed by atoms with E-state index < -0.39 is 33.6 Å². The first-order valence-corrected chi connectivity index (χ1v) is 6.75. The normalized spacial score (nSPS) is 14.5. The van der Waals surface area contributed by atoms with Gasteiger partial charge in [-0.25, -0.2) is 4.39 Å². The predicted octanol–water partition coefficient (Wildman–Crippen LogP) is 5.85. The average Bonchev–Trinajstić information content (AvgIpc) is 2.42. The Balaban J connectivity index is 3.56. The van der Waals surface area contributed by atoms with Gasteiger partial charge in [0.1, 0.15) is 5.69 Å². The van der Waals surface area contributed by atoms with Crippen LogP contribution in [0.1, 0.15) is 12.5 Å². The smallest absolute Gasteiger partial charge is 0.404 e. The Labute approximate surface area is 141 Å². The van der Waals surface area contributed by atoms with Gasteiger partial charge < -0.3 is 5.73 Å². The van der Waals surface area contributed by atoms with E-state index in [4.69, 9.17) is 28.9 Å². The largest absolute Gasteiger partial charge is 0.435 e. The van der Waals surface area contributed by atoms with E-state index in [9.17, 15) is 30.7 Å². The molecule has 0 aliphatic rings. The van der Waals surface area contributed by atoms with E-state index in [1.807, 2.05) is 0 Å². The van der Waals surface area contributed by atoms with Gasteiger partial charge in [-0.3, -0.25) is 4.99 Å². The van der Waals surface area contributed by atoms with Crippen molar-refractivity contribution in [2.75, 3.05) is 0 Å². The highest BCUT2D eigenvalue weighted by molar-refractivity contribution is 6.39. The lowest BCUT2D eigenvalue weighted by molar-refractivity contribution is -0.348. The third kappa shape index (κ3) is 3.77. The summed E-state index contributed by atoms with van der Waals surface area (Å²) in [5.41, 5.74) is -2.15. The van der Waals surface area contributed by atoms with Gasteiger partial charge in [-0.05, 0) is 30.8 Å². The van der Waals surface area contributed by atoms with Crippen LogP contribution in [0.2, 0.25) is 10.0 Å². The lowest BCUT2D eigenvalue weighted by Gasteiger charge is -2.30. The molecule has 0 unspecified atom stereocenters. The first-order valence-electron chi connectivity index (χ1n) is 6.00. The van der Waals surface area contributed by atoms with Gasteiger partial charge in [0.05, 0.1) is 10.0 Å². The highest BCUT2D eigenvalue weighted by Crippen LogP contribution is 2.54. The Morgan fingerprint density at radius 2 is 1.42 bits per heavy atom. The Morgan fingerprint density at radius 1 is 1.00 bits per heavy atom. The molecule has 0 amide bonds. The van der Waals surface area contributed by atoms with E-state index in [2.05, 4.69) is 4.99 Å². The number of hydrogen-bond donors (Lipinski definition) is 1. The van der Waals surface area contributed by atoms with E-state index in [0.29, 0.717) is 5.57 Å². The summed E-state index contributed by atoms with van der Waals surface area (Å²) in [6.07, 6.45) is -10.3. The fourth-order valence-corrected chi connectivity index (χ4v) is 2.17. The molecule has 1 aromatic carbocycles. The van der Waals surface area contributed by atoms with Crippen LogP contribution in [0, 0.1) is 0 Å². The van der Waals surface area contributed by atoms with Gasteiger partial charge in [-0.1, -0.05) is 23.2 Å². The van der Waals surface area contributed by atoms with Crippen LogP contribution in [0.3, 0.4) is 0 Å². The van der Waals surface area contributed by atoms with Gasteiger partial charge in [0.15, 0.2) is 0 Å². The minimum Gasteiger partial charge on any atom is -0.404 e. The molecule has 0 fully saturated rings. The van der Waals surface area contributed by atoms with Gasteiger partial charge >= 0.3 is 18.0 Å². The second-order valence-electron chi connectivity index (χ2n) is 4.61. The maximum absolute atomic E-state index is 14.0. The van der Waals surface area contributed by atoms with Crippen molar-refractivity contribution in [2.45, 2.75) is 24.9 Å². The van der Waals surface area contributed by atoms with E-state index >= 15 is 0 Å². The fourth-order valence-electron chi connectivity index (χ4n) is 1.59. The Bertz CT molecular complexity index is 641. The summed E-state index contributed by atoms with van der Waals surface area (Å²) in [7, 11) is 0. The molecule has 0 radical (unpaired) electrons. The van der Waals surface area contributed by atoms with Crippen LogP contribution in [0.25, 0.3) is 0 Å². The first-order chi connectivity index (χ1) is 10.8. The number of rotatable bonds is 3. The molecule has 2 N–H and O–H groups in total. The van der Waals surface area contributed by atoms with Crippen LogP contribution in [0.5, 0.6) is 0 Å². The topological polar surface area (TPSA) is 38.4 Å². The van der Waals surface area contributed by atoms with Crippen molar-refractivity contribution in [3.63, 3.8) is 0 Å². The Hall–Kier alpha value is -1.48. The highest BCUT2D eigenvalue weighted by Gasteiger charge is 2.73. The van der Waals surface area contributed by atoms with Crippen molar-refractivity contribution >= 4 is 35.1 Å². The van der Waals surface area contributed by atoms with Crippen LogP contribution in [-0.2, 0) is 5.67 Å². The van der Waals surface area contributed by atoms with Gasteiger partial charge in [0.25, 0.3) is 0 Å². The van der Waals surface area contributed by atoms with Crippen molar-refractivity contribution in [1.82, 2.24) is 0 Å². The molecule has 24 heavy (non-hydrogen) atoms. The van der Waals surface area contributed by atoms with Crippen molar-refractivity contribution in [3.05, 3.63) is 39.5 Å². The molecule has 2 nitrogen and oxygen atoms in total. The molecular formula is C13H9Cl2F7N2. The summed E-state index contributed by atoms with van der Waals surface area (Å²) in [5.74, 6) is 0. The number of allylic oxidation sites excluding steroid dienone is 1. The first kappa shape index (κ1) is 20.6. The zero-order chi connectivity index (χ0) is 18.9. The van der Waals surface area contributed by atoms with Crippen LogP contribution in [0.4, 0.5) is 36.4 Å². The predicted molar refractivity (Wildman–Crippen MR) is 77.5 cm³/mol. The van der Waals surface area contributed by atoms with Crippen LogP contribution in [0.15, 0.2) is 28.9 Å². The summed E-state index contributed by atoms with van der Waals surface area (Å²) in [6, 6.07) is 0.366. The fraction of sp³-hybridized carbons (Fsp3) is 0.308. The van der Waals surface area contributed by atoms with E-state index in [1.165, 1.54) is 6.92 Å². The zero-order valence-electron chi connectivity index (χ0n) is 11.7. The molecule has 0 atom stereocenters. The van der Waals surface area contributed by atoms with Gasteiger partial charge in [0, 0.05) is 11.8 Å². The molecule has 0 aliphatic carbocycles. The molecule has 0 saturated carbocycles. The molecule has 0 aromatic heterocycles. The molecule has 0 spiro atoms. The molecule has 0 aliphatic heterocycles. The molecule has 0 saturated heterocycles. The number of alkyl halides is 7. The number of nitrogens with two attached hydrogens (primary N) is 1. The van der Waals surface area contributed by atoms with E-state index in [-0.39, 0.29) is 17.8 Å². The number of nitrogens with zero attached hydrogens (tertiary/aromatic N) is 1. The van der Waals surface area contributed by atoms with E-state index in [1.54, 1.807) is 0 Å². The van der Waals surface area contributed by atoms with Crippen molar-refractivity contribution in [2.24, 2.45) is 10.7 Å². The van der Waals surface area contributed by atoms with Crippen LogP contribution >= 0.6 is 23.2 Å². The molecule has 1 aromatic rings. The summed E-state index contributed by atoms with van der Waals surface area (Å²) in [4.78, 5) is 3.70. The summed E-state index contributed by atoms with van der Waals surface area (Å²) < 4.78 is 90.3. The Kier molecular flexibility index (Phi) is 5.82. The van der Waals surface area contributed by atoms with Gasteiger partial charge in [-0.15, -0.1) is 0 Å². The maximum Gasteiger partial charge on any atom is 0.435 e. The number of aliphatic imine (C=N–C) groups is 1. The van der Waals surface area contributed by atoms with Gasteiger partial charge in [-0.2, -0.15) is 26.3 Å². The summed E-state index contributed by atoms with van der Waals surface area (Å²) in [6.45, 7) is 1.51. The monoisotopic (exact) mass is 396 g/mol. The second kappa shape index (κ2) is 6.79. The molecule has 0 heterocycles. The van der Waals surface area contributed by atoms with Crippen LogP contribution in [-0.4, -0.2) is 18.6 Å². The Morgan fingerprint density at radius 3 is 1.75 bits per heavy atom. The number of hydrogen-bond acceptors (Lipinski definition) is 2. The average molecular weight is 397 g/mol. The highest BCUT2D eigenvalue weighted by atomic mass is 35.5. The third-order valence-electron chi connectivity index (χ3n) is 2.86. The van der Waals surface area contributed by atoms with Gasteiger partial charge in [0.2, 0.25) is 0 Å². The summed E-state index contributed by atoms with van der Waals surface area (Å²) in [5, 5.41) is -1.37. The number of halogens is 9. The molecule has 134 valence electrons. The van der Waals surface area contributed by atoms with Crippen molar-refractivity contribution in [3.8, 4) is 0 Å². The molecule has 1 rings (SSSR count). The van der Waals surface area contributed by atoms with Crippen LogP contribution < -0.4 is 5.73 Å². The molecule has 0 bridgehead atoms. The van der Waals surface area contributed by atoms with Crippen molar-refractivity contribution in [1.29, 1.82) is 0 Å². The zero-order valence-corrected chi connectivity index (χ0v) is 13.2. The second-order valence-corrected chi connectivity index (χ2v) is 5.43. The third-order valence-corrected chi connectivity index (χ3v) is 3.43. The van der Waals surface area contributed by atoms with Crippen molar-refractivity contribution < 1.29 is 30.7 Å². The molecule has 11 heteroatoms. The lowest BCUT2D eigenvalue weighted by atomic mass is 9.94. The van der Waals surface area contributed by atoms with E-state index in [0.717, 1.165) is 12.4 Å². The SMILES string of the molecule is CC(C=Nc1c(Cl)cc(C(F)(C(F)(F)F)C(F)(F)F)cc1Cl)=CN. The standard InChI is InChI=1S/C13H9Cl2F7N2/c1-6(4-23)5-24-10-8(14)2-7(3-9(10)15)11(16,12(17,18)19)13(20,21)22/h2-5H,23H2,1H3. The number of benzene rings is 1. The maximum atomic E-state index is 14.0. The minimum absolute atomic E-state index is 0.183.